The maximum Gasteiger partial charge on any atom is 0.322 e. The van der Waals surface area contributed by atoms with Crippen LogP contribution in [0, 0.1) is 0 Å². The highest BCUT2D eigenvalue weighted by Gasteiger charge is 2.34. The summed E-state index contributed by atoms with van der Waals surface area (Å²) in [5.74, 6) is 0.861. The minimum Gasteiger partial charge on any atom is -0.337 e. The second kappa shape index (κ2) is 7.99. The number of carbonyl (C=O) groups is 1. The molecule has 3 aromatic rings. The Kier molecular flexibility index (Phi) is 5.44. The summed E-state index contributed by atoms with van der Waals surface area (Å²) in [6, 6.07) is 11.5. The Morgan fingerprint density at radius 3 is 2.61 bits per heavy atom. The van der Waals surface area contributed by atoms with Crippen LogP contribution < -0.4 is 5.32 Å². The van der Waals surface area contributed by atoms with Crippen molar-refractivity contribution in [3.05, 3.63) is 63.4 Å². The summed E-state index contributed by atoms with van der Waals surface area (Å²) in [7, 11) is 0. The first-order valence-electron chi connectivity index (χ1n) is 8.63. The SMILES string of the molecule is O=C(Nc1ccc(Cl)cc1Cl)N1CCCC1c1nc(-c2ccc(Cl)cc2)no1. The second-order valence-corrected chi connectivity index (χ2v) is 7.65. The number of benzene rings is 2. The van der Waals surface area contributed by atoms with Crippen molar-refractivity contribution in [3.63, 3.8) is 0 Å². The van der Waals surface area contributed by atoms with Crippen molar-refractivity contribution in [3.8, 4) is 11.4 Å². The highest BCUT2D eigenvalue weighted by atomic mass is 35.5. The van der Waals surface area contributed by atoms with Gasteiger partial charge in [-0.2, -0.15) is 4.98 Å². The lowest BCUT2D eigenvalue weighted by atomic mass is 10.2. The molecule has 28 heavy (non-hydrogen) atoms. The minimum absolute atomic E-state index is 0.280. The van der Waals surface area contributed by atoms with Crippen molar-refractivity contribution < 1.29 is 9.32 Å². The van der Waals surface area contributed by atoms with E-state index in [4.69, 9.17) is 39.3 Å². The molecule has 0 radical (unpaired) electrons. The number of hydrogen-bond acceptors (Lipinski definition) is 4. The summed E-state index contributed by atoms with van der Waals surface area (Å²) in [4.78, 5) is 18.9. The van der Waals surface area contributed by atoms with E-state index < -0.39 is 0 Å². The molecule has 1 aliphatic heterocycles. The van der Waals surface area contributed by atoms with Gasteiger partial charge in [-0.3, -0.25) is 0 Å². The molecule has 9 heteroatoms. The van der Waals surface area contributed by atoms with E-state index in [2.05, 4.69) is 15.5 Å². The van der Waals surface area contributed by atoms with Gasteiger partial charge in [0.1, 0.15) is 6.04 Å². The van der Waals surface area contributed by atoms with Gasteiger partial charge in [-0.15, -0.1) is 0 Å². The predicted molar refractivity (Wildman–Crippen MR) is 109 cm³/mol. The van der Waals surface area contributed by atoms with Gasteiger partial charge in [0.15, 0.2) is 0 Å². The van der Waals surface area contributed by atoms with Gasteiger partial charge in [0.25, 0.3) is 0 Å². The molecule has 0 spiro atoms. The normalized spacial score (nSPS) is 16.4. The average Bonchev–Trinajstić information content (AvgIpc) is 3.33. The Morgan fingerprint density at radius 1 is 1.11 bits per heavy atom. The van der Waals surface area contributed by atoms with Gasteiger partial charge in [0, 0.05) is 22.2 Å². The van der Waals surface area contributed by atoms with Gasteiger partial charge >= 0.3 is 6.03 Å². The van der Waals surface area contributed by atoms with Crippen LogP contribution >= 0.6 is 34.8 Å². The van der Waals surface area contributed by atoms with E-state index in [0.29, 0.717) is 39.0 Å². The molecule has 2 aromatic carbocycles. The number of hydrogen-bond donors (Lipinski definition) is 1. The lowest BCUT2D eigenvalue weighted by Crippen LogP contribution is -2.34. The standard InChI is InChI=1S/C19H15Cl3N4O2/c20-12-5-3-11(4-6-12)17-24-18(28-25-17)16-2-1-9-26(16)19(27)23-15-8-7-13(21)10-14(15)22/h3-8,10,16H,1-2,9H2,(H,23,27). The Bertz CT molecular complexity index is 1010. The Labute approximate surface area is 176 Å². The zero-order chi connectivity index (χ0) is 19.7. The Balaban J connectivity index is 1.52. The van der Waals surface area contributed by atoms with Crippen LogP contribution in [0.5, 0.6) is 0 Å². The maximum absolute atomic E-state index is 12.8. The number of carbonyl (C=O) groups excluding carboxylic acids is 1. The first kappa shape index (κ1) is 19.1. The smallest absolute Gasteiger partial charge is 0.322 e. The van der Waals surface area contributed by atoms with E-state index in [1.54, 1.807) is 35.2 Å². The third kappa shape index (κ3) is 3.94. The average molecular weight is 438 g/mol. The van der Waals surface area contributed by atoms with Crippen molar-refractivity contribution in [2.24, 2.45) is 0 Å². The number of aromatic nitrogens is 2. The number of nitrogens with zero attached hydrogens (tertiary/aromatic N) is 3. The van der Waals surface area contributed by atoms with Gasteiger partial charge in [0.05, 0.1) is 10.7 Å². The molecule has 1 aliphatic rings. The van der Waals surface area contributed by atoms with Crippen molar-refractivity contribution >= 4 is 46.5 Å². The van der Waals surface area contributed by atoms with Crippen LogP contribution in [-0.2, 0) is 0 Å². The number of amides is 2. The summed E-state index contributed by atoms with van der Waals surface area (Å²) in [5.41, 5.74) is 1.29. The van der Waals surface area contributed by atoms with Crippen molar-refractivity contribution in [1.29, 1.82) is 0 Å². The van der Waals surface area contributed by atoms with Crippen LogP contribution in [0.2, 0.25) is 15.1 Å². The van der Waals surface area contributed by atoms with E-state index in [1.165, 1.54) is 0 Å². The molecule has 1 saturated heterocycles. The number of halogens is 3. The summed E-state index contributed by atoms with van der Waals surface area (Å²) >= 11 is 18.0. The minimum atomic E-state index is -0.292. The molecule has 6 nitrogen and oxygen atoms in total. The molecule has 2 heterocycles. The van der Waals surface area contributed by atoms with Crippen molar-refractivity contribution in [2.75, 3.05) is 11.9 Å². The van der Waals surface area contributed by atoms with Crippen LogP contribution in [-0.4, -0.2) is 27.6 Å². The fraction of sp³-hybridized carbons (Fsp3) is 0.211. The second-order valence-electron chi connectivity index (χ2n) is 6.37. The van der Waals surface area contributed by atoms with E-state index >= 15 is 0 Å². The van der Waals surface area contributed by atoms with E-state index in [9.17, 15) is 4.79 Å². The molecule has 4 rings (SSSR count). The molecule has 144 valence electrons. The van der Waals surface area contributed by atoms with Crippen LogP contribution in [0.25, 0.3) is 11.4 Å². The molecule has 0 bridgehead atoms. The third-order valence-corrected chi connectivity index (χ3v) is 5.32. The fourth-order valence-electron chi connectivity index (χ4n) is 3.13. The van der Waals surface area contributed by atoms with Gasteiger partial charge in [0.2, 0.25) is 11.7 Å². The lowest BCUT2D eigenvalue weighted by Gasteiger charge is -2.22. The summed E-state index contributed by atoms with van der Waals surface area (Å²) in [6.07, 6.45) is 1.58. The molecular formula is C19H15Cl3N4O2. The zero-order valence-electron chi connectivity index (χ0n) is 14.5. The molecule has 1 N–H and O–H groups in total. The molecular weight excluding hydrogens is 423 g/mol. The largest absolute Gasteiger partial charge is 0.337 e. The summed E-state index contributed by atoms with van der Waals surface area (Å²) < 4.78 is 5.44. The third-order valence-electron chi connectivity index (χ3n) is 4.52. The quantitative estimate of drug-likeness (QED) is 0.540. The molecule has 2 amide bonds. The van der Waals surface area contributed by atoms with Gasteiger partial charge in [-0.25, -0.2) is 4.79 Å². The molecule has 0 saturated carbocycles. The molecule has 0 aliphatic carbocycles. The number of nitrogens with one attached hydrogen (secondary N) is 1. The van der Waals surface area contributed by atoms with E-state index in [-0.39, 0.29) is 12.1 Å². The summed E-state index contributed by atoms with van der Waals surface area (Å²) in [5, 5.41) is 8.36. The predicted octanol–water partition coefficient (Wildman–Crippen LogP) is 6.07. The molecule has 1 fully saturated rings. The maximum atomic E-state index is 12.8. The first-order valence-corrected chi connectivity index (χ1v) is 9.77. The van der Waals surface area contributed by atoms with E-state index in [1.807, 2.05) is 12.1 Å². The first-order chi connectivity index (χ1) is 13.5. The Hall–Kier alpha value is -2.28. The van der Waals surface area contributed by atoms with Crippen LogP contribution in [0.1, 0.15) is 24.8 Å². The fourth-order valence-corrected chi connectivity index (χ4v) is 3.71. The van der Waals surface area contributed by atoms with Gasteiger partial charge in [-0.1, -0.05) is 40.0 Å². The summed E-state index contributed by atoms with van der Waals surface area (Å²) in [6.45, 7) is 0.584. The monoisotopic (exact) mass is 436 g/mol. The highest BCUT2D eigenvalue weighted by molar-refractivity contribution is 6.36. The molecule has 1 unspecified atom stereocenters. The number of rotatable bonds is 3. The number of likely N-dealkylation sites (tertiary alicyclic amines) is 1. The van der Waals surface area contributed by atoms with Crippen LogP contribution in [0.3, 0.4) is 0 Å². The Morgan fingerprint density at radius 2 is 1.86 bits per heavy atom. The van der Waals surface area contributed by atoms with E-state index in [0.717, 1.165) is 18.4 Å². The van der Waals surface area contributed by atoms with Gasteiger partial charge in [-0.05, 0) is 55.3 Å². The van der Waals surface area contributed by atoms with Crippen molar-refractivity contribution in [1.82, 2.24) is 15.0 Å². The zero-order valence-corrected chi connectivity index (χ0v) is 16.8. The topological polar surface area (TPSA) is 71.3 Å². The lowest BCUT2D eigenvalue weighted by molar-refractivity contribution is 0.193. The van der Waals surface area contributed by atoms with Gasteiger partial charge < -0.3 is 14.7 Å². The molecule has 1 aromatic heterocycles. The van der Waals surface area contributed by atoms with Crippen molar-refractivity contribution in [2.45, 2.75) is 18.9 Å². The highest BCUT2D eigenvalue weighted by Crippen LogP contribution is 2.33. The van der Waals surface area contributed by atoms with Crippen LogP contribution in [0.4, 0.5) is 10.5 Å². The number of urea groups is 1. The van der Waals surface area contributed by atoms with Crippen LogP contribution in [0.15, 0.2) is 47.0 Å². The number of anilines is 1. The molecule has 1 atom stereocenters.